The minimum atomic E-state index is -0.355. The van der Waals surface area contributed by atoms with Crippen LogP contribution in [0.1, 0.15) is 16.3 Å². The SMILES string of the molecule is NCc1ccc(C(=O)Nc2cc3c(cc2Br)OCCO3)o1. The maximum atomic E-state index is 12.1. The van der Waals surface area contributed by atoms with Gasteiger partial charge in [-0.1, -0.05) is 0 Å². The summed E-state index contributed by atoms with van der Waals surface area (Å²) < 4.78 is 17.0. The van der Waals surface area contributed by atoms with Crippen molar-refractivity contribution in [3.63, 3.8) is 0 Å². The lowest BCUT2D eigenvalue weighted by Gasteiger charge is -2.20. The fourth-order valence-corrected chi connectivity index (χ4v) is 2.37. The van der Waals surface area contributed by atoms with E-state index in [4.69, 9.17) is 19.6 Å². The third-order valence-corrected chi connectivity index (χ3v) is 3.62. The van der Waals surface area contributed by atoms with Crippen molar-refractivity contribution in [3.8, 4) is 11.5 Å². The number of carbonyl (C=O) groups excluding carboxylic acids is 1. The molecular weight excluding hydrogens is 340 g/mol. The van der Waals surface area contributed by atoms with Crippen LogP contribution < -0.4 is 20.5 Å². The van der Waals surface area contributed by atoms with E-state index in [1.54, 1.807) is 24.3 Å². The minimum Gasteiger partial charge on any atom is -0.486 e. The number of carbonyl (C=O) groups is 1. The normalized spacial score (nSPS) is 13.0. The highest BCUT2D eigenvalue weighted by Crippen LogP contribution is 2.38. The van der Waals surface area contributed by atoms with Gasteiger partial charge in [-0.2, -0.15) is 0 Å². The van der Waals surface area contributed by atoms with Crippen LogP contribution in [0.3, 0.4) is 0 Å². The van der Waals surface area contributed by atoms with Gasteiger partial charge in [-0.15, -0.1) is 0 Å². The fourth-order valence-electron chi connectivity index (χ4n) is 1.95. The standard InChI is InChI=1S/C14H13BrN2O4/c15-9-5-12-13(20-4-3-19-12)6-10(9)17-14(18)11-2-1-8(7-16)21-11/h1-2,5-6H,3-4,7,16H2,(H,17,18). The van der Waals surface area contributed by atoms with Crippen molar-refractivity contribution in [2.75, 3.05) is 18.5 Å². The van der Waals surface area contributed by atoms with Crippen molar-refractivity contribution in [1.82, 2.24) is 0 Å². The molecule has 0 spiro atoms. The maximum absolute atomic E-state index is 12.1. The third-order valence-electron chi connectivity index (χ3n) is 2.97. The summed E-state index contributed by atoms with van der Waals surface area (Å²) in [6.07, 6.45) is 0. The molecule has 0 saturated carbocycles. The average Bonchev–Trinajstić information content (AvgIpc) is 2.97. The Morgan fingerprint density at radius 3 is 2.62 bits per heavy atom. The molecule has 0 aliphatic carbocycles. The predicted octanol–water partition coefficient (Wildman–Crippen LogP) is 2.52. The van der Waals surface area contributed by atoms with E-state index in [1.807, 2.05) is 0 Å². The summed E-state index contributed by atoms with van der Waals surface area (Å²) in [4.78, 5) is 12.1. The number of hydrogen-bond donors (Lipinski definition) is 2. The first-order chi connectivity index (χ1) is 10.2. The van der Waals surface area contributed by atoms with Crippen molar-refractivity contribution >= 4 is 27.5 Å². The Balaban J connectivity index is 1.82. The first-order valence-electron chi connectivity index (χ1n) is 6.36. The Labute approximate surface area is 129 Å². The van der Waals surface area contributed by atoms with Gasteiger partial charge in [-0.25, -0.2) is 0 Å². The smallest absolute Gasteiger partial charge is 0.291 e. The summed E-state index contributed by atoms with van der Waals surface area (Å²) in [6.45, 7) is 1.25. The number of fused-ring (bicyclic) bond motifs is 1. The Bertz CT molecular complexity index is 684. The third kappa shape index (κ3) is 2.88. The highest BCUT2D eigenvalue weighted by atomic mass is 79.9. The van der Waals surface area contributed by atoms with Crippen molar-refractivity contribution in [1.29, 1.82) is 0 Å². The average molecular weight is 353 g/mol. The molecule has 2 aromatic rings. The van der Waals surface area contributed by atoms with Gasteiger partial charge in [0.2, 0.25) is 0 Å². The van der Waals surface area contributed by atoms with Gasteiger partial charge in [0.25, 0.3) is 5.91 Å². The van der Waals surface area contributed by atoms with E-state index in [0.29, 0.717) is 40.6 Å². The molecule has 1 amide bonds. The number of benzene rings is 1. The largest absolute Gasteiger partial charge is 0.486 e. The van der Waals surface area contributed by atoms with Gasteiger partial charge in [0, 0.05) is 16.6 Å². The van der Waals surface area contributed by atoms with Crippen molar-refractivity contribution in [2.45, 2.75) is 6.54 Å². The van der Waals surface area contributed by atoms with Gasteiger partial charge in [-0.3, -0.25) is 4.79 Å². The summed E-state index contributed by atoms with van der Waals surface area (Å²) >= 11 is 3.39. The topological polar surface area (TPSA) is 86.7 Å². The summed E-state index contributed by atoms with van der Waals surface area (Å²) in [5.74, 6) is 1.65. The molecule has 3 rings (SSSR count). The summed E-state index contributed by atoms with van der Waals surface area (Å²) in [6, 6.07) is 6.73. The molecule has 0 atom stereocenters. The first kappa shape index (κ1) is 14.0. The quantitative estimate of drug-likeness (QED) is 0.886. The van der Waals surface area contributed by atoms with E-state index in [0.717, 1.165) is 0 Å². The lowest BCUT2D eigenvalue weighted by atomic mass is 10.2. The minimum absolute atomic E-state index is 0.206. The number of amides is 1. The van der Waals surface area contributed by atoms with Crippen molar-refractivity contribution in [2.24, 2.45) is 5.73 Å². The van der Waals surface area contributed by atoms with Crippen LogP contribution in [0.25, 0.3) is 0 Å². The lowest BCUT2D eigenvalue weighted by Crippen LogP contribution is -2.16. The number of furan rings is 1. The van der Waals surface area contributed by atoms with Gasteiger partial charge in [0.05, 0.1) is 12.2 Å². The lowest BCUT2D eigenvalue weighted by molar-refractivity contribution is 0.0995. The van der Waals surface area contributed by atoms with E-state index >= 15 is 0 Å². The number of hydrogen-bond acceptors (Lipinski definition) is 5. The number of halogens is 1. The van der Waals surface area contributed by atoms with E-state index in [-0.39, 0.29) is 18.2 Å². The highest BCUT2D eigenvalue weighted by Gasteiger charge is 2.18. The van der Waals surface area contributed by atoms with Gasteiger partial charge in [0.15, 0.2) is 17.3 Å². The zero-order valence-corrected chi connectivity index (χ0v) is 12.6. The van der Waals surface area contributed by atoms with Gasteiger partial charge < -0.3 is 24.9 Å². The molecule has 6 nitrogen and oxygen atoms in total. The number of nitrogens with one attached hydrogen (secondary N) is 1. The van der Waals surface area contributed by atoms with Crippen LogP contribution in [0, 0.1) is 0 Å². The van der Waals surface area contributed by atoms with E-state index in [9.17, 15) is 4.79 Å². The zero-order valence-electron chi connectivity index (χ0n) is 11.0. The van der Waals surface area contributed by atoms with Crippen LogP contribution in [0.2, 0.25) is 0 Å². The molecule has 0 unspecified atom stereocenters. The zero-order chi connectivity index (χ0) is 14.8. The molecule has 3 N–H and O–H groups in total. The Kier molecular flexibility index (Phi) is 3.85. The summed E-state index contributed by atoms with van der Waals surface area (Å²) in [7, 11) is 0. The molecule has 110 valence electrons. The van der Waals surface area contributed by atoms with E-state index in [1.165, 1.54) is 0 Å². The molecule has 1 aromatic carbocycles. The second-order valence-corrected chi connectivity index (χ2v) is 5.25. The first-order valence-corrected chi connectivity index (χ1v) is 7.16. The van der Waals surface area contributed by atoms with Crippen LogP contribution in [-0.4, -0.2) is 19.1 Å². The molecule has 21 heavy (non-hydrogen) atoms. The molecule has 0 saturated heterocycles. The molecular formula is C14H13BrN2O4. The molecule has 1 aliphatic heterocycles. The fraction of sp³-hybridized carbons (Fsp3) is 0.214. The Morgan fingerprint density at radius 2 is 1.95 bits per heavy atom. The van der Waals surface area contributed by atoms with Gasteiger partial charge in [0.1, 0.15) is 19.0 Å². The van der Waals surface area contributed by atoms with E-state index < -0.39 is 0 Å². The molecule has 0 radical (unpaired) electrons. The van der Waals surface area contributed by atoms with Crippen molar-refractivity contribution in [3.05, 3.63) is 40.3 Å². The molecule has 1 aromatic heterocycles. The van der Waals surface area contributed by atoms with Crippen LogP contribution in [-0.2, 0) is 6.54 Å². The molecule has 0 fully saturated rings. The van der Waals surface area contributed by atoms with Gasteiger partial charge >= 0.3 is 0 Å². The second-order valence-electron chi connectivity index (χ2n) is 4.40. The number of rotatable bonds is 3. The maximum Gasteiger partial charge on any atom is 0.291 e. The van der Waals surface area contributed by atoms with Crippen LogP contribution in [0.4, 0.5) is 5.69 Å². The highest BCUT2D eigenvalue weighted by molar-refractivity contribution is 9.10. The van der Waals surface area contributed by atoms with Crippen molar-refractivity contribution < 1.29 is 18.7 Å². The number of nitrogens with two attached hydrogens (primary N) is 1. The Hall–Kier alpha value is -1.99. The van der Waals surface area contributed by atoms with Crippen LogP contribution >= 0.6 is 15.9 Å². The summed E-state index contributed by atoms with van der Waals surface area (Å²) in [5, 5.41) is 2.76. The van der Waals surface area contributed by atoms with Crippen LogP contribution in [0.15, 0.2) is 33.2 Å². The predicted molar refractivity (Wildman–Crippen MR) is 79.7 cm³/mol. The second kappa shape index (κ2) is 5.79. The number of ether oxygens (including phenoxy) is 2. The molecule has 0 bridgehead atoms. The summed E-state index contributed by atoms with van der Waals surface area (Å²) in [5.41, 5.74) is 6.03. The monoisotopic (exact) mass is 352 g/mol. The number of anilines is 1. The van der Waals surface area contributed by atoms with E-state index in [2.05, 4.69) is 21.2 Å². The molecule has 7 heteroatoms. The van der Waals surface area contributed by atoms with Gasteiger partial charge in [-0.05, 0) is 28.1 Å². The Morgan fingerprint density at radius 1 is 1.24 bits per heavy atom. The molecule has 1 aliphatic rings. The molecule has 2 heterocycles. The van der Waals surface area contributed by atoms with Crippen LogP contribution in [0.5, 0.6) is 11.5 Å².